The van der Waals surface area contributed by atoms with Gasteiger partial charge in [0.2, 0.25) is 5.91 Å². The highest BCUT2D eigenvalue weighted by atomic mass is 16.2. The Balaban J connectivity index is 3.02. The Hall–Kier alpha value is -1.58. The number of amides is 1. The molecule has 0 aliphatic heterocycles. The minimum atomic E-state index is -0.0830. The van der Waals surface area contributed by atoms with Gasteiger partial charge < -0.3 is 5.73 Å². The lowest BCUT2D eigenvalue weighted by Crippen LogP contribution is -2.24. The number of nitrogens with two attached hydrogens (primary N) is 1. The van der Waals surface area contributed by atoms with Crippen molar-refractivity contribution in [2.24, 2.45) is 0 Å². The Bertz CT molecular complexity index is 298. The summed E-state index contributed by atoms with van der Waals surface area (Å²) in [4.78, 5) is 16.3. The van der Waals surface area contributed by atoms with E-state index in [-0.39, 0.29) is 5.91 Å². The summed E-state index contributed by atoms with van der Waals surface area (Å²) in [5, 5.41) is 0. The molecule has 64 valence electrons. The highest BCUT2D eigenvalue weighted by Crippen LogP contribution is 2.16. The van der Waals surface area contributed by atoms with Crippen LogP contribution in [0.5, 0.6) is 0 Å². The normalized spacial score (nSPS) is 9.50. The van der Waals surface area contributed by atoms with E-state index in [9.17, 15) is 4.79 Å². The average Bonchev–Trinajstić information content (AvgIpc) is 2.04. The van der Waals surface area contributed by atoms with Crippen molar-refractivity contribution >= 4 is 17.4 Å². The third kappa shape index (κ3) is 1.53. The molecule has 0 radical (unpaired) electrons. The number of aromatic nitrogens is 1. The van der Waals surface area contributed by atoms with E-state index in [4.69, 9.17) is 5.73 Å². The van der Waals surface area contributed by atoms with Crippen molar-refractivity contribution in [1.82, 2.24) is 4.98 Å². The zero-order chi connectivity index (χ0) is 9.14. The number of anilines is 2. The number of pyridine rings is 1. The van der Waals surface area contributed by atoms with Gasteiger partial charge in [-0.2, -0.15) is 0 Å². The van der Waals surface area contributed by atoms with Crippen molar-refractivity contribution < 1.29 is 4.79 Å². The number of nitrogens with zero attached hydrogens (tertiary/aromatic N) is 2. The molecule has 4 nitrogen and oxygen atoms in total. The standard InChI is InChI=1S/C8H11N3O/c1-6(12)11(2)8-7(9)4-3-5-10-8/h3-5H,9H2,1-2H3. The van der Waals surface area contributed by atoms with Gasteiger partial charge in [-0.1, -0.05) is 0 Å². The first-order valence-corrected chi connectivity index (χ1v) is 3.57. The van der Waals surface area contributed by atoms with Gasteiger partial charge in [-0.3, -0.25) is 9.69 Å². The van der Waals surface area contributed by atoms with Crippen molar-refractivity contribution in [3.8, 4) is 0 Å². The van der Waals surface area contributed by atoms with E-state index in [2.05, 4.69) is 4.98 Å². The van der Waals surface area contributed by atoms with Crippen LogP contribution in [0.4, 0.5) is 11.5 Å². The van der Waals surface area contributed by atoms with Gasteiger partial charge in [0.1, 0.15) is 0 Å². The van der Waals surface area contributed by atoms with Crippen molar-refractivity contribution in [3.05, 3.63) is 18.3 Å². The van der Waals surface area contributed by atoms with Crippen molar-refractivity contribution in [2.75, 3.05) is 17.7 Å². The van der Waals surface area contributed by atoms with Crippen LogP contribution in [-0.2, 0) is 4.79 Å². The van der Waals surface area contributed by atoms with Gasteiger partial charge in [0, 0.05) is 20.2 Å². The Kier molecular flexibility index (Phi) is 2.28. The fraction of sp³-hybridized carbons (Fsp3) is 0.250. The monoisotopic (exact) mass is 165 g/mol. The summed E-state index contributed by atoms with van der Waals surface area (Å²) in [5.74, 6) is 0.422. The van der Waals surface area contributed by atoms with E-state index >= 15 is 0 Å². The van der Waals surface area contributed by atoms with Gasteiger partial charge in [0.05, 0.1) is 5.69 Å². The van der Waals surface area contributed by atoms with Gasteiger partial charge in [0.25, 0.3) is 0 Å². The number of hydrogen-bond donors (Lipinski definition) is 1. The number of nitrogen functional groups attached to an aromatic ring is 1. The topological polar surface area (TPSA) is 59.2 Å². The molecule has 0 aromatic carbocycles. The van der Waals surface area contributed by atoms with Crippen molar-refractivity contribution in [2.45, 2.75) is 6.92 Å². The maximum atomic E-state index is 10.9. The van der Waals surface area contributed by atoms with Crippen LogP contribution in [0.3, 0.4) is 0 Å². The van der Waals surface area contributed by atoms with Crippen molar-refractivity contribution in [3.63, 3.8) is 0 Å². The SMILES string of the molecule is CC(=O)N(C)c1ncccc1N. The number of carbonyl (C=O) groups is 1. The minimum Gasteiger partial charge on any atom is -0.396 e. The van der Waals surface area contributed by atoms with E-state index in [1.54, 1.807) is 25.4 Å². The van der Waals surface area contributed by atoms with Crippen molar-refractivity contribution in [1.29, 1.82) is 0 Å². The second-order valence-corrected chi connectivity index (χ2v) is 2.49. The molecular formula is C8H11N3O. The van der Waals surface area contributed by atoms with E-state index < -0.39 is 0 Å². The molecular weight excluding hydrogens is 154 g/mol. The molecule has 0 unspecified atom stereocenters. The molecule has 1 amide bonds. The molecule has 4 heteroatoms. The zero-order valence-corrected chi connectivity index (χ0v) is 7.11. The summed E-state index contributed by atoms with van der Waals surface area (Å²) in [6.45, 7) is 1.47. The highest BCUT2D eigenvalue weighted by Gasteiger charge is 2.08. The largest absolute Gasteiger partial charge is 0.396 e. The van der Waals surface area contributed by atoms with Crippen LogP contribution in [0, 0.1) is 0 Å². The van der Waals surface area contributed by atoms with Crippen LogP contribution < -0.4 is 10.6 Å². The molecule has 0 aliphatic carbocycles. The number of carbonyl (C=O) groups excluding carboxylic acids is 1. The summed E-state index contributed by atoms with van der Waals surface area (Å²) in [5.41, 5.74) is 6.11. The Labute approximate surface area is 71.0 Å². The summed E-state index contributed by atoms with van der Waals surface area (Å²) in [6, 6.07) is 3.44. The van der Waals surface area contributed by atoms with Gasteiger partial charge in [-0.15, -0.1) is 0 Å². The van der Waals surface area contributed by atoms with Gasteiger partial charge >= 0.3 is 0 Å². The second-order valence-electron chi connectivity index (χ2n) is 2.49. The molecule has 1 rings (SSSR count). The second kappa shape index (κ2) is 3.21. The molecule has 1 aromatic heterocycles. The summed E-state index contributed by atoms with van der Waals surface area (Å²) in [7, 11) is 1.64. The highest BCUT2D eigenvalue weighted by molar-refractivity contribution is 5.92. The zero-order valence-electron chi connectivity index (χ0n) is 7.11. The molecule has 2 N–H and O–H groups in total. The molecule has 12 heavy (non-hydrogen) atoms. The molecule has 1 heterocycles. The van der Waals surface area contributed by atoms with E-state index in [1.165, 1.54) is 11.8 Å². The number of rotatable bonds is 1. The predicted octanol–water partition coefficient (Wildman–Crippen LogP) is 0.647. The molecule has 0 bridgehead atoms. The van der Waals surface area contributed by atoms with Crippen LogP contribution in [0.2, 0.25) is 0 Å². The van der Waals surface area contributed by atoms with Crippen LogP contribution in [0.15, 0.2) is 18.3 Å². The van der Waals surface area contributed by atoms with Crippen LogP contribution in [0.1, 0.15) is 6.92 Å². The quantitative estimate of drug-likeness (QED) is 0.664. The van der Waals surface area contributed by atoms with Crippen LogP contribution >= 0.6 is 0 Å². The van der Waals surface area contributed by atoms with E-state index in [0.29, 0.717) is 11.5 Å². The molecule has 0 fully saturated rings. The molecule has 0 aliphatic rings. The third-order valence-electron chi connectivity index (χ3n) is 1.61. The van der Waals surface area contributed by atoms with Crippen LogP contribution in [-0.4, -0.2) is 17.9 Å². The Morgan fingerprint density at radius 2 is 2.33 bits per heavy atom. The summed E-state index contributed by atoms with van der Waals surface area (Å²) >= 11 is 0. The van der Waals surface area contributed by atoms with Gasteiger partial charge in [-0.25, -0.2) is 4.98 Å². The molecule has 0 saturated carbocycles. The molecule has 1 aromatic rings. The van der Waals surface area contributed by atoms with E-state index in [1.807, 2.05) is 0 Å². The smallest absolute Gasteiger partial charge is 0.224 e. The molecule has 0 atom stereocenters. The lowest BCUT2D eigenvalue weighted by atomic mass is 10.4. The first-order chi connectivity index (χ1) is 5.63. The minimum absolute atomic E-state index is 0.0830. The summed E-state index contributed by atoms with van der Waals surface area (Å²) < 4.78 is 0. The van der Waals surface area contributed by atoms with Gasteiger partial charge in [0.15, 0.2) is 5.82 Å². The lowest BCUT2D eigenvalue weighted by Gasteiger charge is -2.14. The van der Waals surface area contributed by atoms with Gasteiger partial charge in [-0.05, 0) is 12.1 Å². The predicted molar refractivity (Wildman–Crippen MR) is 47.7 cm³/mol. The maximum Gasteiger partial charge on any atom is 0.224 e. The Morgan fingerprint density at radius 1 is 1.67 bits per heavy atom. The molecule has 0 spiro atoms. The first-order valence-electron chi connectivity index (χ1n) is 3.57. The number of hydrogen-bond acceptors (Lipinski definition) is 3. The fourth-order valence-electron chi connectivity index (χ4n) is 0.839. The Morgan fingerprint density at radius 3 is 2.83 bits per heavy atom. The lowest BCUT2D eigenvalue weighted by molar-refractivity contribution is -0.116. The first kappa shape index (κ1) is 8.52. The fourth-order valence-corrected chi connectivity index (χ4v) is 0.839. The molecule has 0 saturated heterocycles. The third-order valence-corrected chi connectivity index (χ3v) is 1.61. The maximum absolute atomic E-state index is 10.9. The van der Waals surface area contributed by atoms with E-state index in [0.717, 1.165) is 0 Å². The summed E-state index contributed by atoms with van der Waals surface area (Å²) in [6.07, 6.45) is 1.60. The van der Waals surface area contributed by atoms with Crippen LogP contribution in [0.25, 0.3) is 0 Å². The average molecular weight is 165 g/mol.